The van der Waals surface area contributed by atoms with Crippen LogP contribution >= 0.6 is 0 Å². The molecule has 1 aromatic rings. The molecule has 0 radical (unpaired) electrons. The van der Waals surface area contributed by atoms with E-state index in [0.29, 0.717) is 0 Å². The third-order valence-electron chi connectivity index (χ3n) is 2.65. The Morgan fingerprint density at radius 3 is 2.79 bits per heavy atom. The lowest BCUT2D eigenvalue weighted by Gasteiger charge is -2.28. The summed E-state index contributed by atoms with van der Waals surface area (Å²) in [6.45, 7) is 2.96. The number of amidine groups is 1. The Kier molecular flexibility index (Phi) is 2.27. The standard InChI is InChI=1S/C10H16N4/c1-8-9(7-13(2)12-8)14-6-4-3-5-10(14)11/h7,11H,3-6H2,1-2H3. The Morgan fingerprint density at radius 2 is 2.21 bits per heavy atom. The van der Waals surface area contributed by atoms with Crippen LogP contribution in [0.25, 0.3) is 0 Å². The van der Waals surface area contributed by atoms with Gasteiger partial charge < -0.3 is 4.90 Å². The first kappa shape index (κ1) is 9.24. The van der Waals surface area contributed by atoms with E-state index in [9.17, 15) is 0 Å². The smallest absolute Gasteiger partial charge is 0.100 e. The Hall–Kier alpha value is -1.32. The van der Waals surface area contributed by atoms with Gasteiger partial charge in [0.05, 0.1) is 11.4 Å². The number of hydrogen-bond donors (Lipinski definition) is 1. The van der Waals surface area contributed by atoms with Gasteiger partial charge in [0.1, 0.15) is 5.84 Å². The first-order valence-electron chi connectivity index (χ1n) is 5.03. The van der Waals surface area contributed by atoms with Gasteiger partial charge in [-0.05, 0) is 19.8 Å². The maximum absolute atomic E-state index is 7.88. The zero-order valence-corrected chi connectivity index (χ0v) is 8.75. The highest BCUT2D eigenvalue weighted by Crippen LogP contribution is 2.23. The molecule has 0 amide bonds. The number of piperidine rings is 1. The molecule has 14 heavy (non-hydrogen) atoms. The summed E-state index contributed by atoms with van der Waals surface area (Å²) in [4.78, 5) is 2.08. The molecule has 0 spiro atoms. The molecule has 1 aromatic heterocycles. The minimum Gasteiger partial charge on any atom is -0.327 e. The second kappa shape index (κ2) is 3.44. The van der Waals surface area contributed by atoms with Crippen LogP contribution in [0.5, 0.6) is 0 Å². The number of rotatable bonds is 1. The summed E-state index contributed by atoms with van der Waals surface area (Å²) in [5.41, 5.74) is 2.11. The van der Waals surface area contributed by atoms with Gasteiger partial charge in [-0.1, -0.05) is 0 Å². The van der Waals surface area contributed by atoms with Crippen molar-refractivity contribution in [2.24, 2.45) is 7.05 Å². The average Bonchev–Trinajstić information content (AvgIpc) is 2.46. The first-order chi connectivity index (χ1) is 6.68. The lowest BCUT2D eigenvalue weighted by Crippen LogP contribution is -2.34. The summed E-state index contributed by atoms with van der Waals surface area (Å²) in [7, 11) is 1.92. The molecule has 1 aliphatic rings. The molecule has 0 aromatic carbocycles. The minimum atomic E-state index is 0.729. The number of hydrogen-bond acceptors (Lipinski definition) is 2. The topological polar surface area (TPSA) is 44.9 Å². The van der Waals surface area contributed by atoms with Crippen LogP contribution in [0.15, 0.2) is 6.20 Å². The van der Waals surface area contributed by atoms with Crippen LogP contribution in [0.4, 0.5) is 5.69 Å². The third-order valence-corrected chi connectivity index (χ3v) is 2.65. The summed E-state index contributed by atoms with van der Waals surface area (Å²) >= 11 is 0. The third kappa shape index (κ3) is 1.52. The van der Waals surface area contributed by atoms with E-state index in [-0.39, 0.29) is 0 Å². The highest BCUT2D eigenvalue weighted by atomic mass is 15.3. The van der Waals surface area contributed by atoms with Gasteiger partial charge in [0.2, 0.25) is 0 Å². The van der Waals surface area contributed by atoms with E-state index in [1.54, 1.807) is 0 Å². The van der Waals surface area contributed by atoms with E-state index in [2.05, 4.69) is 10.00 Å². The normalized spacial score (nSPS) is 17.6. The Labute approximate surface area is 84.0 Å². The fourth-order valence-corrected chi connectivity index (χ4v) is 1.95. The molecule has 0 unspecified atom stereocenters. The van der Waals surface area contributed by atoms with Crippen molar-refractivity contribution in [3.8, 4) is 0 Å². The summed E-state index contributed by atoms with van der Waals surface area (Å²) in [6, 6.07) is 0. The monoisotopic (exact) mass is 192 g/mol. The zero-order valence-electron chi connectivity index (χ0n) is 8.75. The quantitative estimate of drug-likeness (QED) is 0.736. The summed E-state index contributed by atoms with van der Waals surface area (Å²) < 4.78 is 1.81. The van der Waals surface area contributed by atoms with Gasteiger partial charge in [0, 0.05) is 26.2 Å². The molecule has 1 aliphatic heterocycles. The van der Waals surface area contributed by atoms with Crippen LogP contribution in [0, 0.1) is 12.3 Å². The van der Waals surface area contributed by atoms with Gasteiger partial charge in [-0.2, -0.15) is 5.10 Å². The molecule has 1 saturated heterocycles. The van der Waals surface area contributed by atoms with Crippen LogP contribution in [0.3, 0.4) is 0 Å². The van der Waals surface area contributed by atoms with Crippen molar-refractivity contribution in [1.82, 2.24) is 9.78 Å². The summed E-state index contributed by atoms with van der Waals surface area (Å²) in [6.07, 6.45) is 5.22. The van der Waals surface area contributed by atoms with E-state index in [1.807, 2.05) is 24.9 Å². The highest BCUT2D eigenvalue weighted by molar-refractivity contribution is 5.96. The van der Waals surface area contributed by atoms with E-state index in [0.717, 1.165) is 36.6 Å². The average molecular weight is 192 g/mol. The van der Waals surface area contributed by atoms with Gasteiger partial charge >= 0.3 is 0 Å². The van der Waals surface area contributed by atoms with Crippen LogP contribution in [0.1, 0.15) is 25.0 Å². The second-order valence-corrected chi connectivity index (χ2v) is 3.83. The Bertz CT molecular complexity index is 353. The lowest BCUT2D eigenvalue weighted by atomic mass is 10.1. The minimum absolute atomic E-state index is 0.729. The molecular formula is C10H16N4. The Morgan fingerprint density at radius 1 is 1.43 bits per heavy atom. The maximum atomic E-state index is 7.88. The van der Waals surface area contributed by atoms with E-state index in [1.165, 1.54) is 6.42 Å². The number of anilines is 1. The zero-order chi connectivity index (χ0) is 10.1. The van der Waals surface area contributed by atoms with E-state index in [4.69, 9.17) is 5.41 Å². The van der Waals surface area contributed by atoms with Gasteiger partial charge in [0.25, 0.3) is 0 Å². The number of aromatic nitrogens is 2. The fraction of sp³-hybridized carbons (Fsp3) is 0.600. The molecule has 2 heterocycles. The van der Waals surface area contributed by atoms with Gasteiger partial charge in [-0.25, -0.2) is 0 Å². The predicted octanol–water partition coefficient (Wildman–Crippen LogP) is 1.70. The Balaban J connectivity index is 2.28. The number of aryl methyl sites for hydroxylation is 2. The number of nitrogens with zero attached hydrogens (tertiary/aromatic N) is 3. The molecule has 4 nitrogen and oxygen atoms in total. The van der Waals surface area contributed by atoms with Crippen molar-refractivity contribution < 1.29 is 0 Å². The largest absolute Gasteiger partial charge is 0.327 e. The van der Waals surface area contributed by atoms with Crippen molar-refractivity contribution in [1.29, 1.82) is 5.41 Å². The molecular weight excluding hydrogens is 176 g/mol. The fourth-order valence-electron chi connectivity index (χ4n) is 1.95. The maximum Gasteiger partial charge on any atom is 0.100 e. The predicted molar refractivity (Wildman–Crippen MR) is 56.9 cm³/mol. The van der Waals surface area contributed by atoms with Gasteiger partial charge in [-0.15, -0.1) is 0 Å². The molecule has 1 fully saturated rings. The molecule has 0 bridgehead atoms. The molecule has 0 saturated carbocycles. The van der Waals surface area contributed by atoms with Crippen LogP contribution in [-0.2, 0) is 7.05 Å². The highest BCUT2D eigenvalue weighted by Gasteiger charge is 2.19. The molecule has 76 valence electrons. The molecule has 4 heteroatoms. The van der Waals surface area contributed by atoms with Crippen LogP contribution in [-0.4, -0.2) is 22.2 Å². The molecule has 1 N–H and O–H groups in total. The van der Waals surface area contributed by atoms with E-state index >= 15 is 0 Å². The second-order valence-electron chi connectivity index (χ2n) is 3.83. The van der Waals surface area contributed by atoms with Crippen molar-refractivity contribution >= 4 is 11.5 Å². The van der Waals surface area contributed by atoms with Gasteiger partial charge in [0.15, 0.2) is 0 Å². The van der Waals surface area contributed by atoms with Crippen LogP contribution in [0.2, 0.25) is 0 Å². The summed E-state index contributed by atoms with van der Waals surface area (Å²) in [5.74, 6) is 0.729. The van der Waals surface area contributed by atoms with Crippen molar-refractivity contribution in [3.63, 3.8) is 0 Å². The lowest BCUT2D eigenvalue weighted by molar-refractivity contribution is 0.706. The molecule has 0 aliphatic carbocycles. The molecule has 0 atom stereocenters. The first-order valence-corrected chi connectivity index (χ1v) is 5.03. The van der Waals surface area contributed by atoms with Crippen molar-refractivity contribution in [2.45, 2.75) is 26.2 Å². The SMILES string of the molecule is Cc1nn(C)cc1N1CCCCC1=N. The molecule has 2 rings (SSSR count). The summed E-state index contributed by atoms with van der Waals surface area (Å²) in [5, 5.41) is 12.2. The van der Waals surface area contributed by atoms with Crippen LogP contribution < -0.4 is 4.90 Å². The number of nitrogens with one attached hydrogen (secondary N) is 1. The van der Waals surface area contributed by atoms with E-state index < -0.39 is 0 Å². The van der Waals surface area contributed by atoms with Crippen molar-refractivity contribution in [3.05, 3.63) is 11.9 Å². The van der Waals surface area contributed by atoms with Crippen molar-refractivity contribution in [2.75, 3.05) is 11.4 Å². The van der Waals surface area contributed by atoms with Gasteiger partial charge in [-0.3, -0.25) is 10.1 Å².